The van der Waals surface area contributed by atoms with Crippen molar-refractivity contribution >= 4 is 12.0 Å². The molecular weight excluding hydrogens is 212 g/mol. The number of amides is 2. The van der Waals surface area contributed by atoms with Crippen LogP contribution in [0.15, 0.2) is 30.3 Å². The minimum absolute atomic E-state index is 0.0999. The van der Waals surface area contributed by atoms with Crippen LogP contribution in [0.2, 0.25) is 0 Å². The number of ether oxygens (including phenoxy) is 1. The van der Waals surface area contributed by atoms with Gasteiger partial charge in [-0.15, -0.1) is 0 Å². The minimum atomic E-state index is -0.698. The molecule has 0 aliphatic carbocycles. The predicted molar refractivity (Wildman–Crippen MR) is 53.5 cm³/mol. The van der Waals surface area contributed by atoms with E-state index in [1.807, 2.05) is 6.07 Å². The minimum Gasteiger partial charge on any atom is -0.410 e. The average molecular weight is 222 g/mol. The number of benzene rings is 1. The summed E-state index contributed by atoms with van der Waals surface area (Å²) in [4.78, 5) is 27.1. The van der Waals surface area contributed by atoms with Gasteiger partial charge >= 0.3 is 6.09 Å². The molecule has 1 aromatic carbocycles. The van der Waals surface area contributed by atoms with Gasteiger partial charge in [0.15, 0.2) is 0 Å². The van der Waals surface area contributed by atoms with E-state index < -0.39 is 12.1 Å². The third kappa shape index (κ3) is 2.48. The topological polar surface area (TPSA) is 76.7 Å². The molecule has 2 N–H and O–H groups in total. The number of para-hydroxylation sites is 1. The number of hydroxylamine groups is 1. The molecule has 1 fully saturated rings. The molecule has 0 bridgehead atoms. The summed E-state index contributed by atoms with van der Waals surface area (Å²) in [6.07, 6.45) is -0.683. The Morgan fingerprint density at radius 3 is 2.81 bits per heavy atom. The van der Waals surface area contributed by atoms with Gasteiger partial charge in [0.25, 0.3) is 5.91 Å². The first-order valence-corrected chi connectivity index (χ1v) is 4.71. The summed E-state index contributed by atoms with van der Waals surface area (Å²) in [5, 5.41) is 2.38. The SMILES string of the molecule is O=C(N[C@@H]1CONC1=O)Oc1ccccc1. The zero-order chi connectivity index (χ0) is 11.4. The molecule has 0 aromatic heterocycles. The first-order valence-electron chi connectivity index (χ1n) is 4.71. The zero-order valence-electron chi connectivity index (χ0n) is 8.30. The fourth-order valence-electron chi connectivity index (χ4n) is 1.22. The second-order valence-electron chi connectivity index (χ2n) is 3.18. The Balaban J connectivity index is 1.87. The summed E-state index contributed by atoms with van der Waals surface area (Å²) in [6, 6.07) is 7.89. The highest BCUT2D eigenvalue weighted by atomic mass is 16.7. The third-order valence-electron chi connectivity index (χ3n) is 1.99. The fraction of sp³-hybridized carbons (Fsp3) is 0.200. The molecule has 0 radical (unpaired) electrons. The molecule has 1 aliphatic rings. The van der Waals surface area contributed by atoms with Crippen LogP contribution in [0.3, 0.4) is 0 Å². The Labute approximate surface area is 91.5 Å². The Hall–Kier alpha value is -2.08. The predicted octanol–water partition coefficient (Wildman–Crippen LogP) is 0.205. The van der Waals surface area contributed by atoms with Crippen LogP contribution in [0.5, 0.6) is 5.75 Å². The highest BCUT2D eigenvalue weighted by Gasteiger charge is 2.27. The van der Waals surface area contributed by atoms with Crippen LogP contribution in [-0.4, -0.2) is 24.6 Å². The van der Waals surface area contributed by atoms with Gasteiger partial charge in [0.2, 0.25) is 0 Å². The van der Waals surface area contributed by atoms with Gasteiger partial charge in [-0.05, 0) is 12.1 Å². The average Bonchev–Trinajstić information content (AvgIpc) is 2.66. The number of carbonyl (C=O) groups excluding carboxylic acids is 2. The maximum atomic E-state index is 11.3. The number of rotatable bonds is 2. The van der Waals surface area contributed by atoms with Crippen LogP contribution in [0, 0.1) is 0 Å². The van der Waals surface area contributed by atoms with Gasteiger partial charge in [-0.2, -0.15) is 0 Å². The largest absolute Gasteiger partial charge is 0.413 e. The molecule has 2 rings (SSSR count). The van der Waals surface area contributed by atoms with Crippen LogP contribution in [0.4, 0.5) is 4.79 Å². The van der Waals surface area contributed by atoms with E-state index in [9.17, 15) is 9.59 Å². The van der Waals surface area contributed by atoms with E-state index in [-0.39, 0.29) is 12.5 Å². The molecule has 1 aliphatic heterocycles. The summed E-state index contributed by atoms with van der Waals surface area (Å²) in [6.45, 7) is 0.0999. The van der Waals surface area contributed by atoms with Crippen molar-refractivity contribution in [3.63, 3.8) is 0 Å². The van der Waals surface area contributed by atoms with Crippen molar-refractivity contribution < 1.29 is 19.2 Å². The molecule has 1 aromatic rings. The maximum Gasteiger partial charge on any atom is 0.413 e. The molecule has 0 spiro atoms. The second kappa shape index (κ2) is 4.63. The van der Waals surface area contributed by atoms with Crippen molar-refractivity contribution in [3.05, 3.63) is 30.3 Å². The van der Waals surface area contributed by atoms with Gasteiger partial charge in [-0.25, -0.2) is 10.3 Å². The summed E-state index contributed by atoms with van der Waals surface area (Å²) >= 11 is 0. The van der Waals surface area contributed by atoms with Crippen molar-refractivity contribution in [2.24, 2.45) is 0 Å². The van der Waals surface area contributed by atoms with E-state index in [2.05, 4.69) is 15.6 Å². The second-order valence-corrected chi connectivity index (χ2v) is 3.18. The third-order valence-corrected chi connectivity index (χ3v) is 1.99. The van der Waals surface area contributed by atoms with Gasteiger partial charge < -0.3 is 10.1 Å². The van der Waals surface area contributed by atoms with E-state index in [0.29, 0.717) is 5.75 Å². The Kier molecular flexibility index (Phi) is 3.02. The van der Waals surface area contributed by atoms with Crippen molar-refractivity contribution in [1.82, 2.24) is 10.8 Å². The van der Waals surface area contributed by atoms with Crippen LogP contribution in [0.25, 0.3) is 0 Å². The molecule has 1 saturated heterocycles. The van der Waals surface area contributed by atoms with E-state index in [4.69, 9.17) is 4.74 Å². The van der Waals surface area contributed by atoms with Crippen molar-refractivity contribution in [2.45, 2.75) is 6.04 Å². The van der Waals surface area contributed by atoms with Gasteiger partial charge in [-0.3, -0.25) is 9.63 Å². The summed E-state index contributed by atoms with van der Waals surface area (Å²) < 4.78 is 4.94. The normalized spacial score (nSPS) is 19.0. The molecule has 6 nitrogen and oxygen atoms in total. The Morgan fingerprint density at radius 1 is 1.44 bits per heavy atom. The van der Waals surface area contributed by atoms with Gasteiger partial charge in [0.05, 0.1) is 0 Å². The molecule has 84 valence electrons. The number of hydrogen-bond donors (Lipinski definition) is 2. The van der Waals surface area contributed by atoms with Crippen molar-refractivity contribution in [1.29, 1.82) is 0 Å². The number of hydrogen-bond acceptors (Lipinski definition) is 4. The van der Waals surface area contributed by atoms with E-state index in [0.717, 1.165) is 0 Å². The van der Waals surface area contributed by atoms with E-state index in [1.165, 1.54) is 0 Å². The zero-order valence-corrected chi connectivity index (χ0v) is 8.30. The lowest BCUT2D eigenvalue weighted by atomic mass is 10.3. The lowest BCUT2D eigenvalue weighted by Gasteiger charge is -2.08. The van der Waals surface area contributed by atoms with Crippen LogP contribution >= 0.6 is 0 Å². The smallest absolute Gasteiger partial charge is 0.410 e. The Bertz CT molecular complexity index is 393. The number of carbonyl (C=O) groups is 2. The standard InChI is InChI=1S/C10H10N2O4/c13-9-8(6-15-12-9)11-10(14)16-7-4-2-1-3-5-7/h1-5,8H,6H2,(H,11,14)(H,12,13)/t8-/m1/s1. The monoisotopic (exact) mass is 222 g/mol. The molecule has 6 heteroatoms. The van der Waals surface area contributed by atoms with Gasteiger partial charge in [0.1, 0.15) is 18.4 Å². The highest BCUT2D eigenvalue weighted by Crippen LogP contribution is 2.08. The Morgan fingerprint density at radius 2 is 2.19 bits per heavy atom. The molecule has 0 unspecified atom stereocenters. The molecule has 0 saturated carbocycles. The van der Waals surface area contributed by atoms with E-state index in [1.54, 1.807) is 24.3 Å². The van der Waals surface area contributed by atoms with Crippen LogP contribution < -0.4 is 15.5 Å². The van der Waals surface area contributed by atoms with E-state index >= 15 is 0 Å². The molecule has 16 heavy (non-hydrogen) atoms. The first kappa shape index (κ1) is 10.4. The van der Waals surface area contributed by atoms with Gasteiger partial charge in [-0.1, -0.05) is 18.2 Å². The lowest BCUT2D eigenvalue weighted by Crippen LogP contribution is -2.42. The molecule has 2 amide bonds. The highest BCUT2D eigenvalue weighted by molar-refractivity contribution is 5.86. The van der Waals surface area contributed by atoms with Gasteiger partial charge in [0, 0.05) is 0 Å². The fourth-order valence-corrected chi connectivity index (χ4v) is 1.22. The van der Waals surface area contributed by atoms with Crippen molar-refractivity contribution in [3.8, 4) is 5.75 Å². The lowest BCUT2D eigenvalue weighted by molar-refractivity contribution is -0.125. The van der Waals surface area contributed by atoms with Crippen molar-refractivity contribution in [2.75, 3.05) is 6.61 Å². The maximum absolute atomic E-state index is 11.3. The summed E-state index contributed by atoms with van der Waals surface area (Å²) in [5.74, 6) is 0.0318. The molecule has 1 heterocycles. The first-order chi connectivity index (χ1) is 7.75. The quantitative estimate of drug-likeness (QED) is 0.749. The molecule has 1 atom stereocenters. The summed E-state index contributed by atoms with van der Waals surface area (Å²) in [7, 11) is 0. The molecular formula is C10H10N2O4. The summed E-state index contributed by atoms with van der Waals surface area (Å²) in [5.41, 5.74) is 2.13. The number of nitrogens with one attached hydrogen (secondary N) is 2. The van der Waals surface area contributed by atoms with Crippen LogP contribution in [-0.2, 0) is 9.63 Å². The van der Waals surface area contributed by atoms with Crippen LogP contribution in [0.1, 0.15) is 0 Å².